The zero-order valence-electron chi connectivity index (χ0n) is 14.4. The fourth-order valence-electron chi connectivity index (χ4n) is 2.64. The Balaban J connectivity index is 1.66. The van der Waals surface area contributed by atoms with E-state index in [1.807, 2.05) is 55.5 Å². The van der Waals surface area contributed by atoms with Crippen molar-refractivity contribution in [3.63, 3.8) is 0 Å². The molecule has 0 aliphatic carbocycles. The third-order valence-electron chi connectivity index (χ3n) is 3.90. The van der Waals surface area contributed by atoms with Gasteiger partial charge in [-0.1, -0.05) is 24.3 Å². The van der Waals surface area contributed by atoms with Crippen LogP contribution in [0.1, 0.15) is 18.1 Å². The van der Waals surface area contributed by atoms with E-state index in [9.17, 15) is 4.79 Å². The van der Waals surface area contributed by atoms with Gasteiger partial charge in [-0.25, -0.2) is 0 Å². The number of nitrogens with one attached hydrogen (secondary N) is 1. The molecule has 1 aliphatic heterocycles. The topological polar surface area (TPSA) is 56.8 Å². The average Bonchev–Trinajstić information content (AvgIpc) is 2.66. The minimum absolute atomic E-state index is 0.137. The van der Waals surface area contributed by atoms with E-state index in [0.717, 1.165) is 16.9 Å². The van der Waals surface area contributed by atoms with Gasteiger partial charge >= 0.3 is 0 Å². The van der Waals surface area contributed by atoms with Crippen LogP contribution in [0.3, 0.4) is 0 Å². The summed E-state index contributed by atoms with van der Waals surface area (Å²) in [5, 5.41) is 2.92. The number of carbonyl (C=O) groups is 1. The second-order valence-corrected chi connectivity index (χ2v) is 5.60. The number of hydrogen-bond acceptors (Lipinski definition) is 4. The van der Waals surface area contributed by atoms with Crippen molar-refractivity contribution in [2.24, 2.45) is 0 Å². The third kappa shape index (κ3) is 3.94. The molecular formula is C20H21NO4. The zero-order valence-corrected chi connectivity index (χ0v) is 14.4. The van der Waals surface area contributed by atoms with Crippen molar-refractivity contribution >= 4 is 12.0 Å². The first-order chi connectivity index (χ1) is 12.2. The zero-order chi connectivity index (χ0) is 17.6. The first-order valence-electron chi connectivity index (χ1n) is 8.21. The SMILES string of the molecule is CCOc1ccc(CNC(=O)C2=Cc3ccccc3OC2)cc1OC. The molecule has 0 bridgehead atoms. The highest BCUT2D eigenvalue weighted by Crippen LogP contribution is 2.28. The van der Waals surface area contributed by atoms with Crippen molar-refractivity contribution in [3.8, 4) is 17.2 Å². The van der Waals surface area contributed by atoms with E-state index in [-0.39, 0.29) is 12.5 Å². The van der Waals surface area contributed by atoms with Crippen LogP contribution < -0.4 is 19.5 Å². The van der Waals surface area contributed by atoms with Crippen molar-refractivity contribution in [1.82, 2.24) is 5.32 Å². The average molecular weight is 339 g/mol. The van der Waals surface area contributed by atoms with Gasteiger partial charge < -0.3 is 19.5 Å². The molecular weight excluding hydrogens is 318 g/mol. The maximum atomic E-state index is 12.4. The molecule has 0 unspecified atom stereocenters. The van der Waals surface area contributed by atoms with E-state index < -0.39 is 0 Å². The Morgan fingerprint density at radius 3 is 2.84 bits per heavy atom. The lowest BCUT2D eigenvalue weighted by molar-refractivity contribution is -0.117. The van der Waals surface area contributed by atoms with Gasteiger partial charge in [-0.2, -0.15) is 0 Å². The minimum Gasteiger partial charge on any atom is -0.493 e. The predicted molar refractivity (Wildman–Crippen MR) is 95.9 cm³/mol. The van der Waals surface area contributed by atoms with Crippen LogP contribution in [0.15, 0.2) is 48.0 Å². The van der Waals surface area contributed by atoms with Crippen molar-refractivity contribution in [2.75, 3.05) is 20.3 Å². The van der Waals surface area contributed by atoms with Gasteiger partial charge in [-0.15, -0.1) is 0 Å². The lowest BCUT2D eigenvalue weighted by Crippen LogP contribution is -2.28. The molecule has 1 aliphatic rings. The number of carbonyl (C=O) groups excluding carboxylic acids is 1. The fourth-order valence-corrected chi connectivity index (χ4v) is 2.64. The van der Waals surface area contributed by atoms with Crippen LogP contribution in [0.5, 0.6) is 17.2 Å². The summed E-state index contributed by atoms with van der Waals surface area (Å²) in [6, 6.07) is 13.3. The molecule has 0 saturated heterocycles. The molecule has 0 saturated carbocycles. The standard InChI is InChI=1S/C20H21NO4/c1-3-24-18-9-8-14(10-19(18)23-2)12-21-20(22)16-11-15-6-4-5-7-17(15)25-13-16/h4-11H,3,12-13H2,1-2H3,(H,21,22). The summed E-state index contributed by atoms with van der Waals surface area (Å²) in [7, 11) is 1.60. The molecule has 25 heavy (non-hydrogen) atoms. The summed E-state index contributed by atoms with van der Waals surface area (Å²) < 4.78 is 16.5. The lowest BCUT2D eigenvalue weighted by Gasteiger charge is -2.17. The van der Waals surface area contributed by atoms with Crippen molar-refractivity contribution < 1.29 is 19.0 Å². The highest BCUT2D eigenvalue weighted by molar-refractivity contribution is 5.99. The maximum Gasteiger partial charge on any atom is 0.250 e. The summed E-state index contributed by atoms with van der Waals surface area (Å²) in [4.78, 5) is 12.4. The number of hydrogen-bond donors (Lipinski definition) is 1. The molecule has 5 heteroatoms. The number of ether oxygens (including phenoxy) is 3. The van der Waals surface area contributed by atoms with Gasteiger partial charge in [-0.05, 0) is 36.8 Å². The summed E-state index contributed by atoms with van der Waals surface area (Å²) >= 11 is 0. The van der Waals surface area contributed by atoms with Gasteiger partial charge in [0.05, 0.1) is 19.3 Å². The molecule has 0 radical (unpaired) electrons. The van der Waals surface area contributed by atoms with Crippen molar-refractivity contribution in [1.29, 1.82) is 0 Å². The summed E-state index contributed by atoms with van der Waals surface area (Å²) in [5.41, 5.74) is 2.46. The van der Waals surface area contributed by atoms with Crippen LogP contribution in [0.4, 0.5) is 0 Å². The van der Waals surface area contributed by atoms with Gasteiger partial charge in [0.1, 0.15) is 12.4 Å². The number of methoxy groups -OCH3 is 1. The summed E-state index contributed by atoms with van der Waals surface area (Å²) in [5.74, 6) is 2.01. The third-order valence-corrected chi connectivity index (χ3v) is 3.90. The van der Waals surface area contributed by atoms with Crippen LogP contribution >= 0.6 is 0 Å². The minimum atomic E-state index is -0.137. The molecule has 3 rings (SSSR count). The molecule has 5 nitrogen and oxygen atoms in total. The molecule has 0 aromatic heterocycles. The molecule has 130 valence electrons. The second-order valence-electron chi connectivity index (χ2n) is 5.60. The van der Waals surface area contributed by atoms with Gasteiger partial charge in [0.15, 0.2) is 11.5 Å². The Morgan fingerprint density at radius 2 is 2.04 bits per heavy atom. The quantitative estimate of drug-likeness (QED) is 0.878. The van der Waals surface area contributed by atoms with Gasteiger partial charge in [0.25, 0.3) is 5.91 Å². The molecule has 0 fully saturated rings. The number of benzene rings is 2. The number of fused-ring (bicyclic) bond motifs is 1. The second kappa shape index (κ2) is 7.75. The smallest absolute Gasteiger partial charge is 0.250 e. The Kier molecular flexibility index (Phi) is 5.23. The molecule has 1 N–H and O–H groups in total. The molecule has 2 aromatic rings. The number of para-hydroxylation sites is 1. The molecule has 1 amide bonds. The highest BCUT2D eigenvalue weighted by atomic mass is 16.5. The Bertz CT molecular complexity index is 798. The van der Waals surface area contributed by atoms with E-state index >= 15 is 0 Å². The number of amides is 1. The van der Waals surface area contributed by atoms with Gasteiger partial charge in [0.2, 0.25) is 0 Å². The van der Waals surface area contributed by atoms with Crippen LogP contribution in [0.2, 0.25) is 0 Å². The van der Waals surface area contributed by atoms with Crippen LogP contribution in [0.25, 0.3) is 6.08 Å². The Labute approximate surface area is 147 Å². The predicted octanol–water partition coefficient (Wildman–Crippen LogP) is 3.19. The number of rotatable bonds is 6. The Morgan fingerprint density at radius 1 is 1.20 bits per heavy atom. The van der Waals surface area contributed by atoms with E-state index in [1.54, 1.807) is 7.11 Å². The van der Waals surface area contributed by atoms with Gasteiger partial charge in [0, 0.05) is 12.1 Å². The van der Waals surface area contributed by atoms with Crippen molar-refractivity contribution in [3.05, 3.63) is 59.2 Å². The Hall–Kier alpha value is -2.95. The van der Waals surface area contributed by atoms with E-state index in [1.165, 1.54) is 0 Å². The van der Waals surface area contributed by atoms with Crippen LogP contribution in [-0.2, 0) is 11.3 Å². The largest absolute Gasteiger partial charge is 0.493 e. The monoisotopic (exact) mass is 339 g/mol. The lowest BCUT2D eigenvalue weighted by atomic mass is 10.1. The molecule has 0 spiro atoms. The van der Waals surface area contributed by atoms with Gasteiger partial charge in [-0.3, -0.25) is 4.79 Å². The maximum absolute atomic E-state index is 12.4. The first kappa shape index (κ1) is 16.9. The normalized spacial score (nSPS) is 12.5. The molecule has 1 heterocycles. The van der Waals surface area contributed by atoms with Crippen LogP contribution in [-0.4, -0.2) is 26.2 Å². The molecule has 2 aromatic carbocycles. The summed E-state index contributed by atoms with van der Waals surface area (Å²) in [6.45, 7) is 3.17. The van der Waals surface area contributed by atoms with E-state index in [4.69, 9.17) is 14.2 Å². The van der Waals surface area contributed by atoms with E-state index in [0.29, 0.717) is 30.2 Å². The first-order valence-corrected chi connectivity index (χ1v) is 8.21. The van der Waals surface area contributed by atoms with Crippen molar-refractivity contribution in [2.45, 2.75) is 13.5 Å². The van der Waals surface area contributed by atoms with E-state index in [2.05, 4.69) is 5.32 Å². The fraction of sp³-hybridized carbons (Fsp3) is 0.250. The van der Waals surface area contributed by atoms with Crippen LogP contribution in [0, 0.1) is 0 Å². The highest BCUT2D eigenvalue weighted by Gasteiger charge is 2.16. The molecule has 0 atom stereocenters. The summed E-state index contributed by atoms with van der Waals surface area (Å²) in [6.07, 6.45) is 1.87.